The highest BCUT2D eigenvalue weighted by Crippen LogP contribution is 2.28. The Morgan fingerprint density at radius 1 is 1.35 bits per heavy atom. The number of hydrogen-bond acceptors (Lipinski definition) is 4. The third-order valence-corrected chi connectivity index (χ3v) is 3.62. The summed E-state index contributed by atoms with van der Waals surface area (Å²) in [5, 5.41) is 0. The van der Waals surface area contributed by atoms with Gasteiger partial charge in [-0.15, -0.1) is 0 Å². The minimum Gasteiger partial charge on any atom is -0.461 e. The number of anilines is 1. The van der Waals surface area contributed by atoms with E-state index in [1.807, 2.05) is 13.0 Å². The van der Waals surface area contributed by atoms with Crippen molar-refractivity contribution in [2.24, 2.45) is 0 Å². The molecule has 17 heavy (non-hydrogen) atoms. The first-order chi connectivity index (χ1) is 8.00. The number of furan rings is 1. The van der Waals surface area contributed by atoms with Gasteiger partial charge in [-0.3, -0.25) is 0 Å². The predicted molar refractivity (Wildman–Crippen MR) is 75.7 cm³/mol. The highest BCUT2D eigenvalue weighted by Gasteiger charge is 2.16. The largest absolute Gasteiger partial charge is 0.461 e. The minimum atomic E-state index is 0.307. The van der Waals surface area contributed by atoms with E-state index in [-0.39, 0.29) is 0 Å². The van der Waals surface area contributed by atoms with E-state index in [1.54, 1.807) is 6.26 Å². The van der Waals surface area contributed by atoms with Crippen LogP contribution in [0.2, 0.25) is 0 Å². The van der Waals surface area contributed by atoms with E-state index in [0.717, 1.165) is 14.8 Å². The number of aryl methyl sites for hydroxylation is 1. The summed E-state index contributed by atoms with van der Waals surface area (Å²) >= 11 is 2.18. The van der Waals surface area contributed by atoms with Crippen LogP contribution >= 0.6 is 22.6 Å². The van der Waals surface area contributed by atoms with Crippen molar-refractivity contribution in [1.29, 1.82) is 0 Å². The lowest BCUT2D eigenvalue weighted by Gasteiger charge is -2.10. The molecule has 5 heteroatoms. The maximum atomic E-state index is 5.92. The van der Waals surface area contributed by atoms with Crippen LogP contribution in [0.25, 0.3) is 11.6 Å². The van der Waals surface area contributed by atoms with Gasteiger partial charge in [0.15, 0.2) is 11.6 Å². The molecule has 2 aromatic rings. The Balaban J connectivity index is 2.61. The Bertz CT molecular complexity index is 549. The molecule has 2 rings (SSSR count). The molecular weight excluding hydrogens is 329 g/mol. The zero-order valence-corrected chi connectivity index (χ0v) is 12.1. The van der Waals surface area contributed by atoms with E-state index in [9.17, 15) is 0 Å². The Labute approximate surface area is 114 Å². The Kier molecular flexibility index (Phi) is 3.37. The van der Waals surface area contributed by atoms with Crippen LogP contribution in [0.5, 0.6) is 0 Å². The van der Waals surface area contributed by atoms with Gasteiger partial charge in [0, 0.05) is 0 Å². The number of nitrogens with zero attached hydrogens (tertiary/aromatic N) is 2. The van der Waals surface area contributed by atoms with E-state index >= 15 is 0 Å². The van der Waals surface area contributed by atoms with Gasteiger partial charge in [-0.25, -0.2) is 9.97 Å². The van der Waals surface area contributed by atoms with Crippen LogP contribution in [0.4, 0.5) is 5.82 Å². The summed E-state index contributed by atoms with van der Waals surface area (Å²) in [6.45, 7) is 6.14. The van der Waals surface area contributed by atoms with Crippen molar-refractivity contribution in [3.63, 3.8) is 0 Å². The zero-order valence-electron chi connectivity index (χ0n) is 9.99. The van der Waals surface area contributed by atoms with Crippen LogP contribution in [-0.4, -0.2) is 9.97 Å². The van der Waals surface area contributed by atoms with Gasteiger partial charge >= 0.3 is 0 Å². The molecule has 0 radical (unpaired) electrons. The smallest absolute Gasteiger partial charge is 0.198 e. The summed E-state index contributed by atoms with van der Waals surface area (Å²) in [7, 11) is 0. The normalized spacial score (nSPS) is 11.1. The highest BCUT2D eigenvalue weighted by molar-refractivity contribution is 14.1. The molecule has 0 aromatic carbocycles. The summed E-state index contributed by atoms with van der Waals surface area (Å²) < 4.78 is 6.32. The molecule has 0 aliphatic carbocycles. The monoisotopic (exact) mass is 343 g/mol. The van der Waals surface area contributed by atoms with Crippen LogP contribution in [-0.2, 0) is 0 Å². The third-order valence-electron chi connectivity index (χ3n) is 2.51. The molecule has 2 N–H and O–H groups in total. The molecule has 0 amide bonds. The number of nitrogens with two attached hydrogens (primary N) is 1. The lowest BCUT2D eigenvalue weighted by Crippen LogP contribution is -2.06. The fraction of sp³-hybridized carbons (Fsp3) is 0.333. The van der Waals surface area contributed by atoms with Crippen LogP contribution in [0.1, 0.15) is 31.0 Å². The molecule has 2 heterocycles. The maximum Gasteiger partial charge on any atom is 0.198 e. The summed E-state index contributed by atoms with van der Waals surface area (Å²) in [5.41, 5.74) is 7.89. The van der Waals surface area contributed by atoms with Crippen molar-refractivity contribution in [3.8, 4) is 11.6 Å². The van der Waals surface area contributed by atoms with Gasteiger partial charge < -0.3 is 10.2 Å². The maximum absolute atomic E-state index is 5.92. The first-order valence-corrected chi connectivity index (χ1v) is 6.46. The first-order valence-electron chi connectivity index (χ1n) is 5.38. The molecule has 0 aliphatic heterocycles. The van der Waals surface area contributed by atoms with Gasteiger partial charge in [0.1, 0.15) is 5.82 Å². The fourth-order valence-corrected chi connectivity index (χ4v) is 2.43. The zero-order chi connectivity index (χ0) is 12.6. The van der Waals surface area contributed by atoms with Gasteiger partial charge in [-0.2, -0.15) is 0 Å². The van der Waals surface area contributed by atoms with E-state index in [4.69, 9.17) is 10.2 Å². The predicted octanol–water partition coefficient (Wildman–Crippen LogP) is 3.36. The molecule has 0 aliphatic rings. The van der Waals surface area contributed by atoms with Gasteiger partial charge in [-0.1, -0.05) is 13.8 Å². The van der Waals surface area contributed by atoms with Crippen molar-refractivity contribution in [2.45, 2.75) is 26.7 Å². The van der Waals surface area contributed by atoms with E-state index in [2.05, 4.69) is 46.4 Å². The molecule has 0 atom stereocenters. The quantitative estimate of drug-likeness (QED) is 0.850. The highest BCUT2D eigenvalue weighted by atomic mass is 127. The molecule has 0 bridgehead atoms. The molecule has 0 saturated carbocycles. The van der Waals surface area contributed by atoms with Gasteiger partial charge in [0.25, 0.3) is 0 Å². The molecule has 4 nitrogen and oxygen atoms in total. The molecule has 2 aromatic heterocycles. The Hall–Kier alpha value is -1.11. The number of hydrogen-bond donors (Lipinski definition) is 1. The van der Waals surface area contributed by atoms with Crippen molar-refractivity contribution in [1.82, 2.24) is 9.97 Å². The van der Waals surface area contributed by atoms with Crippen LogP contribution in [0.3, 0.4) is 0 Å². The van der Waals surface area contributed by atoms with Crippen molar-refractivity contribution >= 4 is 28.4 Å². The van der Waals surface area contributed by atoms with Gasteiger partial charge in [0.05, 0.1) is 15.5 Å². The van der Waals surface area contributed by atoms with Gasteiger partial charge in [-0.05, 0) is 47.1 Å². The number of aromatic nitrogens is 2. The molecule has 0 unspecified atom stereocenters. The molecular formula is C12H14IN3O. The molecule has 90 valence electrons. The second kappa shape index (κ2) is 4.64. The second-order valence-electron chi connectivity index (χ2n) is 4.22. The van der Waals surface area contributed by atoms with Crippen molar-refractivity contribution < 1.29 is 4.42 Å². The van der Waals surface area contributed by atoms with Crippen LogP contribution in [0, 0.1) is 10.5 Å². The summed E-state index contributed by atoms with van der Waals surface area (Å²) in [6, 6.07) is 1.89. The fourth-order valence-electron chi connectivity index (χ4n) is 1.57. The molecule has 0 spiro atoms. The van der Waals surface area contributed by atoms with Crippen molar-refractivity contribution in [2.75, 3.05) is 5.73 Å². The number of halogens is 1. The Morgan fingerprint density at radius 2 is 2.06 bits per heavy atom. The van der Waals surface area contributed by atoms with Crippen molar-refractivity contribution in [3.05, 3.63) is 27.2 Å². The number of nitrogen functional groups attached to an aromatic ring is 1. The SMILES string of the molecule is Cc1ccoc1-c1nc(N)c(I)c(C(C)C)n1. The average Bonchev–Trinajstić information content (AvgIpc) is 2.68. The van der Waals surface area contributed by atoms with E-state index in [0.29, 0.717) is 23.3 Å². The average molecular weight is 343 g/mol. The summed E-state index contributed by atoms with van der Waals surface area (Å²) in [5.74, 6) is 2.07. The third kappa shape index (κ3) is 2.29. The Morgan fingerprint density at radius 3 is 2.59 bits per heavy atom. The van der Waals surface area contributed by atoms with Crippen LogP contribution in [0.15, 0.2) is 16.7 Å². The van der Waals surface area contributed by atoms with E-state index in [1.165, 1.54) is 0 Å². The topological polar surface area (TPSA) is 64.9 Å². The molecule has 0 saturated heterocycles. The summed E-state index contributed by atoms with van der Waals surface area (Å²) in [6.07, 6.45) is 1.64. The first kappa shape index (κ1) is 12.3. The lowest BCUT2D eigenvalue weighted by molar-refractivity contribution is 0.574. The molecule has 0 fully saturated rings. The summed E-state index contributed by atoms with van der Waals surface area (Å²) in [4.78, 5) is 8.83. The lowest BCUT2D eigenvalue weighted by atomic mass is 10.1. The second-order valence-corrected chi connectivity index (χ2v) is 5.30. The standard InChI is InChI=1S/C12H14IN3O/c1-6(2)9-8(13)11(14)16-12(15-9)10-7(3)4-5-17-10/h4-6H,1-3H3,(H2,14,15,16). The van der Waals surface area contributed by atoms with Crippen LogP contribution < -0.4 is 5.73 Å². The van der Waals surface area contributed by atoms with E-state index < -0.39 is 0 Å². The van der Waals surface area contributed by atoms with Gasteiger partial charge in [0.2, 0.25) is 0 Å². The number of rotatable bonds is 2. The minimum absolute atomic E-state index is 0.307.